The van der Waals surface area contributed by atoms with Crippen LogP contribution in [0.4, 0.5) is 0 Å². The van der Waals surface area contributed by atoms with Crippen molar-refractivity contribution in [2.45, 2.75) is 39.3 Å². The zero-order valence-corrected chi connectivity index (χ0v) is 19.6. The normalized spacial score (nSPS) is 11.5. The van der Waals surface area contributed by atoms with E-state index in [2.05, 4.69) is 12.2 Å². The molecule has 0 radical (unpaired) electrons. The first kappa shape index (κ1) is 24.1. The van der Waals surface area contributed by atoms with Crippen LogP contribution in [-0.4, -0.2) is 36.4 Å². The quantitative estimate of drug-likeness (QED) is 0.507. The van der Waals surface area contributed by atoms with Crippen LogP contribution in [0.15, 0.2) is 78.9 Å². The van der Waals surface area contributed by atoms with Gasteiger partial charge in [-0.15, -0.1) is 0 Å². The summed E-state index contributed by atoms with van der Waals surface area (Å²) in [6.45, 7) is 4.29. The number of amides is 2. The van der Waals surface area contributed by atoms with Gasteiger partial charge in [-0.2, -0.15) is 0 Å². The fourth-order valence-corrected chi connectivity index (χ4v) is 3.66. The Balaban J connectivity index is 1.84. The lowest BCUT2D eigenvalue weighted by molar-refractivity contribution is -0.142. The van der Waals surface area contributed by atoms with Gasteiger partial charge < -0.3 is 15.0 Å². The minimum absolute atomic E-state index is 0.139. The first-order chi connectivity index (χ1) is 16.0. The number of hydrogen-bond acceptors (Lipinski definition) is 3. The highest BCUT2D eigenvalue weighted by Crippen LogP contribution is 2.17. The molecule has 3 aromatic carbocycles. The van der Waals surface area contributed by atoms with E-state index in [1.165, 1.54) is 5.56 Å². The highest BCUT2D eigenvalue weighted by atomic mass is 16.5. The lowest BCUT2D eigenvalue weighted by Crippen LogP contribution is -2.51. The van der Waals surface area contributed by atoms with Crippen LogP contribution in [0.3, 0.4) is 0 Å². The number of ether oxygens (including phenoxy) is 1. The summed E-state index contributed by atoms with van der Waals surface area (Å²) in [6, 6.07) is 24.8. The van der Waals surface area contributed by atoms with Crippen LogP contribution < -0.4 is 10.1 Å². The van der Waals surface area contributed by atoms with Gasteiger partial charge in [0.05, 0.1) is 0 Å². The van der Waals surface area contributed by atoms with Crippen LogP contribution in [0.5, 0.6) is 5.75 Å². The Morgan fingerprint density at radius 3 is 2.12 bits per heavy atom. The molecule has 3 rings (SSSR count). The Hall–Kier alpha value is -3.60. The van der Waals surface area contributed by atoms with Gasteiger partial charge in [0.2, 0.25) is 5.91 Å². The van der Waals surface area contributed by atoms with Gasteiger partial charge in [0.25, 0.3) is 5.91 Å². The maximum Gasteiger partial charge on any atom is 0.261 e. The molecule has 0 fully saturated rings. The first-order valence-corrected chi connectivity index (χ1v) is 11.3. The van der Waals surface area contributed by atoms with Crippen LogP contribution in [0.2, 0.25) is 0 Å². The molecule has 33 heavy (non-hydrogen) atoms. The van der Waals surface area contributed by atoms with Crippen molar-refractivity contribution in [3.8, 4) is 5.75 Å². The molecule has 0 unspecified atom stereocenters. The number of hydrogen-bond donors (Lipinski definition) is 1. The Morgan fingerprint density at radius 1 is 0.879 bits per heavy atom. The third-order valence-corrected chi connectivity index (χ3v) is 5.68. The molecule has 1 atom stereocenters. The van der Waals surface area contributed by atoms with Crippen molar-refractivity contribution >= 4 is 11.8 Å². The number of nitrogens with one attached hydrogen (secondary N) is 1. The molecule has 0 aliphatic carbocycles. The van der Waals surface area contributed by atoms with E-state index >= 15 is 0 Å². The minimum Gasteiger partial charge on any atom is -0.484 e. The molecule has 172 valence electrons. The maximum absolute atomic E-state index is 13.4. The van der Waals surface area contributed by atoms with E-state index in [4.69, 9.17) is 4.74 Å². The van der Waals surface area contributed by atoms with Crippen molar-refractivity contribution in [3.05, 3.63) is 101 Å². The summed E-state index contributed by atoms with van der Waals surface area (Å²) in [4.78, 5) is 27.9. The summed E-state index contributed by atoms with van der Waals surface area (Å²) in [5.41, 5.74) is 4.30. The van der Waals surface area contributed by atoms with Crippen LogP contribution in [-0.2, 0) is 29.0 Å². The maximum atomic E-state index is 13.4. The summed E-state index contributed by atoms with van der Waals surface area (Å²) >= 11 is 0. The molecule has 0 saturated heterocycles. The van der Waals surface area contributed by atoms with Crippen molar-refractivity contribution in [3.63, 3.8) is 0 Å². The Bertz CT molecular complexity index is 1030. The summed E-state index contributed by atoms with van der Waals surface area (Å²) in [6.07, 6.45) is 1.36. The van der Waals surface area contributed by atoms with E-state index in [1.807, 2.05) is 85.8 Å². The van der Waals surface area contributed by atoms with E-state index in [1.54, 1.807) is 11.9 Å². The van der Waals surface area contributed by atoms with Gasteiger partial charge in [-0.05, 0) is 42.2 Å². The Morgan fingerprint density at radius 2 is 1.52 bits per heavy atom. The van der Waals surface area contributed by atoms with Gasteiger partial charge in [-0.25, -0.2) is 0 Å². The third kappa shape index (κ3) is 6.94. The standard InChI is InChI=1S/C28H32N2O3/c1-4-22-14-16-25(17-15-22)33-20-27(31)30(19-24-12-10-21(2)11-13-24)26(28(32)29-3)18-23-8-6-5-7-9-23/h5-17,26H,4,18-20H2,1-3H3,(H,29,32)/t26-/m0/s1. The second kappa shape index (κ2) is 11.9. The molecule has 3 aromatic rings. The molecule has 0 heterocycles. The topological polar surface area (TPSA) is 58.6 Å². The molecule has 0 aliphatic heterocycles. The van der Waals surface area contributed by atoms with Crippen LogP contribution >= 0.6 is 0 Å². The molecule has 2 amide bonds. The molecular weight excluding hydrogens is 412 g/mol. The number of carbonyl (C=O) groups is 2. The number of aryl methyl sites for hydroxylation is 2. The number of rotatable bonds is 10. The van der Waals surface area contributed by atoms with Crippen molar-refractivity contribution in [1.29, 1.82) is 0 Å². The molecule has 1 N–H and O–H groups in total. The molecule has 0 saturated carbocycles. The first-order valence-electron chi connectivity index (χ1n) is 11.3. The van der Waals surface area contributed by atoms with Crippen molar-refractivity contribution in [2.24, 2.45) is 0 Å². The molecule has 0 aromatic heterocycles. The van der Waals surface area contributed by atoms with Crippen molar-refractivity contribution in [2.75, 3.05) is 13.7 Å². The molecule has 0 aliphatic rings. The summed E-state index contributed by atoms with van der Waals surface area (Å²) in [7, 11) is 1.60. The Labute approximate surface area is 196 Å². The van der Waals surface area contributed by atoms with Gasteiger partial charge >= 0.3 is 0 Å². The van der Waals surface area contributed by atoms with Gasteiger partial charge in [-0.1, -0.05) is 79.2 Å². The average Bonchev–Trinajstić information content (AvgIpc) is 2.86. The molecule has 5 nitrogen and oxygen atoms in total. The predicted octanol–water partition coefficient (Wildman–Crippen LogP) is 4.32. The highest BCUT2D eigenvalue weighted by Gasteiger charge is 2.30. The average molecular weight is 445 g/mol. The fourth-order valence-electron chi connectivity index (χ4n) is 3.66. The van der Waals surface area contributed by atoms with Crippen molar-refractivity contribution in [1.82, 2.24) is 10.2 Å². The number of benzene rings is 3. The monoisotopic (exact) mass is 444 g/mol. The van der Waals surface area contributed by atoms with E-state index in [0.29, 0.717) is 18.7 Å². The van der Waals surface area contributed by atoms with E-state index < -0.39 is 6.04 Å². The van der Waals surface area contributed by atoms with Gasteiger partial charge in [0.1, 0.15) is 11.8 Å². The zero-order chi connectivity index (χ0) is 23.6. The van der Waals surface area contributed by atoms with E-state index in [0.717, 1.165) is 23.1 Å². The number of likely N-dealkylation sites (N-methyl/N-ethyl adjacent to an activating group) is 1. The fraction of sp³-hybridized carbons (Fsp3) is 0.286. The lowest BCUT2D eigenvalue weighted by atomic mass is 10.0. The van der Waals surface area contributed by atoms with Gasteiger partial charge in [0, 0.05) is 20.0 Å². The van der Waals surface area contributed by atoms with Crippen molar-refractivity contribution < 1.29 is 14.3 Å². The second-order valence-electron chi connectivity index (χ2n) is 8.11. The number of nitrogens with zero attached hydrogens (tertiary/aromatic N) is 1. The van der Waals surface area contributed by atoms with Crippen LogP contribution in [0.1, 0.15) is 29.2 Å². The Kier molecular flexibility index (Phi) is 8.64. The molecular formula is C28H32N2O3. The zero-order valence-electron chi connectivity index (χ0n) is 19.6. The third-order valence-electron chi connectivity index (χ3n) is 5.68. The lowest BCUT2D eigenvalue weighted by Gasteiger charge is -2.31. The van der Waals surface area contributed by atoms with Gasteiger partial charge in [0.15, 0.2) is 6.61 Å². The largest absolute Gasteiger partial charge is 0.484 e. The van der Waals surface area contributed by atoms with Crippen LogP contribution in [0, 0.1) is 6.92 Å². The van der Waals surface area contributed by atoms with E-state index in [9.17, 15) is 9.59 Å². The molecule has 5 heteroatoms. The summed E-state index contributed by atoms with van der Waals surface area (Å²) in [5.74, 6) is 0.196. The predicted molar refractivity (Wildman–Crippen MR) is 131 cm³/mol. The summed E-state index contributed by atoms with van der Waals surface area (Å²) < 4.78 is 5.80. The van der Waals surface area contributed by atoms with E-state index in [-0.39, 0.29) is 18.4 Å². The SMILES string of the molecule is CCc1ccc(OCC(=O)N(Cc2ccc(C)cc2)[C@@H](Cc2ccccc2)C(=O)NC)cc1. The minimum atomic E-state index is -0.655. The van der Waals surface area contributed by atoms with Crippen LogP contribution in [0.25, 0.3) is 0 Å². The highest BCUT2D eigenvalue weighted by molar-refractivity contribution is 5.88. The number of carbonyl (C=O) groups excluding carboxylic acids is 2. The smallest absolute Gasteiger partial charge is 0.261 e. The molecule has 0 spiro atoms. The summed E-state index contributed by atoms with van der Waals surface area (Å²) in [5, 5.41) is 2.73. The second-order valence-corrected chi connectivity index (χ2v) is 8.11. The molecule has 0 bridgehead atoms. The van der Waals surface area contributed by atoms with Gasteiger partial charge in [-0.3, -0.25) is 9.59 Å².